The topological polar surface area (TPSA) is 67.2 Å². The molecular weight excluding hydrogens is 376 g/mol. The largest absolute Gasteiger partial charge is 0.353 e. The monoisotopic (exact) mass is 398 g/mol. The lowest BCUT2D eigenvalue weighted by Crippen LogP contribution is -2.49. The molecule has 0 unspecified atom stereocenters. The summed E-state index contributed by atoms with van der Waals surface area (Å²) in [6.07, 6.45) is 5.33. The molecule has 0 aliphatic carbocycles. The number of fused-ring (bicyclic) bond motifs is 1. The lowest BCUT2D eigenvalue weighted by Gasteiger charge is -2.35. The van der Waals surface area contributed by atoms with Gasteiger partial charge in [-0.2, -0.15) is 0 Å². The Morgan fingerprint density at radius 1 is 0.933 bits per heavy atom. The molecule has 30 heavy (non-hydrogen) atoms. The molecule has 150 valence electrons. The first-order valence-corrected chi connectivity index (χ1v) is 10.0. The number of amides is 1. The average molecular weight is 398 g/mol. The van der Waals surface area contributed by atoms with E-state index in [1.807, 2.05) is 71.1 Å². The minimum absolute atomic E-state index is 0.0874. The number of benzene rings is 2. The highest BCUT2D eigenvalue weighted by molar-refractivity contribution is 6.07. The summed E-state index contributed by atoms with van der Waals surface area (Å²) < 4.78 is 1.87. The maximum absolute atomic E-state index is 13.2. The SMILES string of the molecule is Cc1nc(N2CCN(C(=O)c3cccc4ccccc34)CC2)cc(-n2ccnc2)n1. The maximum Gasteiger partial charge on any atom is 0.254 e. The van der Waals surface area contributed by atoms with Gasteiger partial charge in [0.1, 0.15) is 23.8 Å². The molecule has 1 aliphatic rings. The van der Waals surface area contributed by atoms with Crippen molar-refractivity contribution >= 4 is 22.5 Å². The first-order chi connectivity index (χ1) is 14.7. The van der Waals surface area contributed by atoms with Gasteiger partial charge < -0.3 is 9.80 Å². The Balaban J connectivity index is 1.34. The summed E-state index contributed by atoms with van der Waals surface area (Å²) in [5.74, 6) is 2.47. The van der Waals surface area contributed by atoms with E-state index in [0.29, 0.717) is 18.9 Å². The zero-order valence-corrected chi connectivity index (χ0v) is 16.8. The van der Waals surface area contributed by atoms with Gasteiger partial charge in [0.05, 0.1) is 0 Å². The molecule has 3 heterocycles. The number of carbonyl (C=O) groups is 1. The normalized spacial score (nSPS) is 14.3. The van der Waals surface area contributed by atoms with Crippen LogP contribution in [0.3, 0.4) is 0 Å². The molecule has 0 radical (unpaired) electrons. The summed E-state index contributed by atoms with van der Waals surface area (Å²) >= 11 is 0. The van der Waals surface area contributed by atoms with Crippen LogP contribution in [-0.4, -0.2) is 56.5 Å². The summed E-state index contributed by atoms with van der Waals surface area (Å²) in [5.41, 5.74) is 0.766. The minimum Gasteiger partial charge on any atom is -0.353 e. The van der Waals surface area contributed by atoms with E-state index in [2.05, 4.69) is 19.9 Å². The standard InChI is InChI=1S/C23H22N6O/c1-17-25-21(15-22(26-17)29-10-9-24-16-29)27-11-13-28(14-12-27)23(30)20-8-4-6-18-5-2-3-7-19(18)20/h2-10,15-16H,11-14H2,1H3. The van der Waals surface area contributed by atoms with Gasteiger partial charge in [-0.05, 0) is 23.8 Å². The van der Waals surface area contributed by atoms with E-state index in [1.54, 1.807) is 12.5 Å². The molecular formula is C23H22N6O. The number of rotatable bonds is 3. The summed E-state index contributed by atoms with van der Waals surface area (Å²) in [5, 5.41) is 2.09. The Hall–Kier alpha value is -3.74. The van der Waals surface area contributed by atoms with Crippen molar-refractivity contribution in [3.63, 3.8) is 0 Å². The van der Waals surface area contributed by atoms with Gasteiger partial charge in [0.2, 0.25) is 0 Å². The smallest absolute Gasteiger partial charge is 0.254 e. The van der Waals surface area contributed by atoms with Gasteiger partial charge in [0.25, 0.3) is 5.91 Å². The van der Waals surface area contributed by atoms with Gasteiger partial charge in [-0.25, -0.2) is 15.0 Å². The molecule has 0 saturated carbocycles. The van der Waals surface area contributed by atoms with E-state index < -0.39 is 0 Å². The van der Waals surface area contributed by atoms with Crippen molar-refractivity contribution in [3.8, 4) is 5.82 Å². The lowest BCUT2D eigenvalue weighted by molar-refractivity contribution is 0.0748. The van der Waals surface area contributed by atoms with Crippen LogP contribution in [0.15, 0.2) is 67.3 Å². The Morgan fingerprint density at radius 3 is 2.50 bits per heavy atom. The van der Waals surface area contributed by atoms with Crippen molar-refractivity contribution in [3.05, 3.63) is 78.6 Å². The van der Waals surface area contributed by atoms with Crippen LogP contribution < -0.4 is 4.90 Å². The summed E-state index contributed by atoms with van der Waals surface area (Å²) in [6, 6.07) is 15.9. The summed E-state index contributed by atoms with van der Waals surface area (Å²) in [4.78, 5) is 30.5. The molecule has 2 aromatic carbocycles. The number of hydrogen-bond donors (Lipinski definition) is 0. The third kappa shape index (κ3) is 3.39. The van der Waals surface area contributed by atoms with Crippen molar-refractivity contribution in [2.24, 2.45) is 0 Å². The number of carbonyl (C=O) groups excluding carboxylic acids is 1. The van der Waals surface area contributed by atoms with Gasteiger partial charge >= 0.3 is 0 Å². The van der Waals surface area contributed by atoms with Crippen LogP contribution >= 0.6 is 0 Å². The van der Waals surface area contributed by atoms with Crippen LogP contribution in [0.25, 0.3) is 16.6 Å². The molecule has 1 amide bonds. The van der Waals surface area contributed by atoms with E-state index in [0.717, 1.165) is 41.1 Å². The number of nitrogens with zero attached hydrogens (tertiary/aromatic N) is 6. The quantitative estimate of drug-likeness (QED) is 0.531. The molecule has 7 nitrogen and oxygen atoms in total. The summed E-state index contributed by atoms with van der Waals surface area (Å²) in [7, 11) is 0. The molecule has 0 N–H and O–H groups in total. The van der Waals surface area contributed by atoms with Gasteiger partial charge in [-0.1, -0.05) is 36.4 Å². The number of aromatic nitrogens is 4. The fourth-order valence-corrected chi connectivity index (χ4v) is 3.95. The van der Waals surface area contributed by atoms with Crippen LogP contribution in [-0.2, 0) is 0 Å². The molecule has 0 atom stereocenters. The zero-order valence-electron chi connectivity index (χ0n) is 16.8. The number of aryl methyl sites for hydroxylation is 1. The lowest BCUT2D eigenvalue weighted by atomic mass is 10.0. The molecule has 1 saturated heterocycles. The van der Waals surface area contributed by atoms with Gasteiger partial charge in [0.15, 0.2) is 0 Å². The fraction of sp³-hybridized carbons (Fsp3) is 0.217. The van der Waals surface area contributed by atoms with Crippen molar-refractivity contribution in [2.45, 2.75) is 6.92 Å². The second-order valence-electron chi connectivity index (χ2n) is 7.41. The van der Waals surface area contributed by atoms with E-state index in [4.69, 9.17) is 0 Å². The Labute approximate surface area is 174 Å². The molecule has 2 aromatic heterocycles. The van der Waals surface area contributed by atoms with Gasteiger partial charge in [0, 0.05) is 50.2 Å². The van der Waals surface area contributed by atoms with Crippen LogP contribution in [0.4, 0.5) is 5.82 Å². The Bertz CT molecular complexity index is 1190. The highest BCUT2D eigenvalue weighted by Crippen LogP contribution is 2.22. The van der Waals surface area contributed by atoms with Crippen molar-refractivity contribution < 1.29 is 4.79 Å². The van der Waals surface area contributed by atoms with E-state index in [1.165, 1.54) is 0 Å². The Kier molecular flexibility index (Phi) is 4.63. The maximum atomic E-state index is 13.2. The van der Waals surface area contributed by atoms with Crippen LogP contribution in [0.5, 0.6) is 0 Å². The number of piperazine rings is 1. The molecule has 1 fully saturated rings. The first kappa shape index (κ1) is 18.3. The summed E-state index contributed by atoms with van der Waals surface area (Å²) in [6.45, 7) is 4.67. The van der Waals surface area contributed by atoms with Gasteiger partial charge in [-0.3, -0.25) is 9.36 Å². The molecule has 5 rings (SSSR count). The first-order valence-electron chi connectivity index (χ1n) is 10.0. The zero-order chi connectivity index (χ0) is 20.5. The molecule has 0 spiro atoms. The van der Waals surface area contributed by atoms with E-state index >= 15 is 0 Å². The molecule has 1 aliphatic heterocycles. The van der Waals surface area contributed by atoms with Crippen LogP contribution in [0.1, 0.15) is 16.2 Å². The van der Waals surface area contributed by atoms with Crippen molar-refractivity contribution in [2.75, 3.05) is 31.1 Å². The number of hydrogen-bond acceptors (Lipinski definition) is 5. The van der Waals surface area contributed by atoms with E-state index in [-0.39, 0.29) is 5.91 Å². The second kappa shape index (κ2) is 7.59. The van der Waals surface area contributed by atoms with Crippen molar-refractivity contribution in [1.82, 2.24) is 24.4 Å². The Morgan fingerprint density at radius 2 is 1.70 bits per heavy atom. The third-order valence-electron chi connectivity index (χ3n) is 5.49. The predicted octanol–water partition coefficient (Wildman–Crippen LogP) is 3.09. The van der Waals surface area contributed by atoms with Crippen LogP contribution in [0.2, 0.25) is 0 Å². The third-order valence-corrected chi connectivity index (χ3v) is 5.49. The van der Waals surface area contributed by atoms with Gasteiger partial charge in [-0.15, -0.1) is 0 Å². The molecule has 7 heteroatoms. The highest BCUT2D eigenvalue weighted by Gasteiger charge is 2.24. The molecule has 4 aromatic rings. The average Bonchev–Trinajstić information content (AvgIpc) is 3.33. The fourth-order valence-electron chi connectivity index (χ4n) is 3.95. The molecule has 0 bridgehead atoms. The second-order valence-corrected chi connectivity index (χ2v) is 7.41. The van der Waals surface area contributed by atoms with E-state index in [9.17, 15) is 4.79 Å². The number of imidazole rings is 1. The predicted molar refractivity (Wildman–Crippen MR) is 116 cm³/mol. The minimum atomic E-state index is 0.0874. The van der Waals surface area contributed by atoms with Crippen LogP contribution in [0, 0.1) is 6.92 Å². The highest BCUT2D eigenvalue weighted by atomic mass is 16.2. The number of anilines is 1. The van der Waals surface area contributed by atoms with Crippen molar-refractivity contribution in [1.29, 1.82) is 0 Å².